The Morgan fingerprint density at radius 1 is 1.18 bits per heavy atom. The third kappa shape index (κ3) is 3.84. The highest BCUT2D eigenvalue weighted by Gasteiger charge is 2.34. The van der Waals surface area contributed by atoms with Crippen molar-refractivity contribution in [1.82, 2.24) is 19.7 Å². The number of allylic oxidation sites excluding steroid dienone is 1. The number of nitrogens with one attached hydrogen (secondary N) is 2. The van der Waals surface area contributed by atoms with Gasteiger partial charge < -0.3 is 15.7 Å². The summed E-state index contributed by atoms with van der Waals surface area (Å²) in [5.41, 5.74) is 3.56. The highest BCUT2D eigenvalue weighted by Crippen LogP contribution is 2.37. The Morgan fingerprint density at radius 2 is 2.00 bits per heavy atom. The summed E-state index contributed by atoms with van der Waals surface area (Å²) in [5.74, 6) is 0.655. The fourth-order valence-corrected chi connectivity index (χ4v) is 3.90. The lowest BCUT2D eigenvalue weighted by Crippen LogP contribution is -2.31. The molecule has 5 rings (SSSR count). The maximum Gasteiger partial charge on any atom is 0.255 e. The average molecular weight is 449 g/mol. The van der Waals surface area contributed by atoms with Crippen LogP contribution in [0.25, 0.3) is 11.4 Å². The standard InChI is InChI=1S/C25H19N7O2/c1-15-21(24(34)29-19-5-3-11-27-14-19)22(17-9-7-16(13-26)8-10-17)32-25(28-15)30-23(31-32)18-4-2-6-20(33)12-18/h2-12,14,22,33H,1H3,(H,29,34)(H,28,30,31). The zero-order valence-corrected chi connectivity index (χ0v) is 18.1. The quantitative estimate of drug-likeness (QED) is 0.432. The van der Waals surface area contributed by atoms with Gasteiger partial charge in [0.05, 0.1) is 29.1 Å². The number of aromatic hydroxyl groups is 1. The molecule has 0 spiro atoms. The van der Waals surface area contributed by atoms with Crippen molar-refractivity contribution in [2.75, 3.05) is 10.6 Å². The summed E-state index contributed by atoms with van der Waals surface area (Å²) in [6, 6.07) is 18.7. The molecule has 1 unspecified atom stereocenters. The van der Waals surface area contributed by atoms with Crippen LogP contribution in [-0.4, -0.2) is 30.8 Å². The molecule has 9 nitrogen and oxygen atoms in total. The highest BCUT2D eigenvalue weighted by molar-refractivity contribution is 6.05. The van der Waals surface area contributed by atoms with Crippen LogP contribution in [-0.2, 0) is 4.79 Å². The van der Waals surface area contributed by atoms with E-state index >= 15 is 0 Å². The number of hydrogen-bond donors (Lipinski definition) is 3. The Balaban J connectivity index is 1.61. The Kier molecular flexibility index (Phi) is 5.24. The molecule has 2 aromatic carbocycles. The zero-order chi connectivity index (χ0) is 23.7. The van der Waals surface area contributed by atoms with E-state index in [4.69, 9.17) is 0 Å². The molecular weight excluding hydrogens is 430 g/mol. The third-order valence-electron chi connectivity index (χ3n) is 5.48. The number of carbonyl (C=O) groups excluding carboxylic acids is 1. The summed E-state index contributed by atoms with van der Waals surface area (Å²) in [4.78, 5) is 22.1. The van der Waals surface area contributed by atoms with Crippen molar-refractivity contribution in [3.05, 3.63) is 95.5 Å². The van der Waals surface area contributed by atoms with Crippen LogP contribution in [0.2, 0.25) is 0 Å². The van der Waals surface area contributed by atoms with E-state index in [2.05, 4.69) is 31.8 Å². The Hall–Kier alpha value is -4.97. The number of aromatic nitrogens is 4. The van der Waals surface area contributed by atoms with Crippen molar-refractivity contribution in [1.29, 1.82) is 5.26 Å². The van der Waals surface area contributed by atoms with Crippen LogP contribution >= 0.6 is 0 Å². The van der Waals surface area contributed by atoms with Crippen LogP contribution in [0, 0.1) is 11.3 Å². The van der Waals surface area contributed by atoms with Crippen molar-refractivity contribution >= 4 is 17.5 Å². The molecule has 3 N–H and O–H groups in total. The van der Waals surface area contributed by atoms with Gasteiger partial charge in [0.15, 0.2) is 5.82 Å². The second-order valence-electron chi connectivity index (χ2n) is 7.75. The van der Waals surface area contributed by atoms with Gasteiger partial charge >= 0.3 is 0 Å². The van der Waals surface area contributed by atoms with Crippen LogP contribution in [0.1, 0.15) is 24.1 Å². The summed E-state index contributed by atoms with van der Waals surface area (Å²) in [7, 11) is 0. The van der Waals surface area contributed by atoms with E-state index in [9.17, 15) is 15.2 Å². The van der Waals surface area contributed by atoms with Gasteiger partial charge in [0, 0.05) is 17.5 Å². The number of benzene rings is 2. The van der Waals surface area contributed by atoms with Gasteiger partial charge in [-0.3, -0.25) is 9.78 Å². The predicted octanol–water partition coefficient (Wildman–Crippen LogP) is 3.84. The van der Waals surface area contributed by atoms with Crippen molar-refractivity contribution in [3.8, 4) is 23.2 Å². The number of phenolic OH excluding ortho intramolecular Hbond substituents is 1. The first-order valence-corrected chi connectivity index (χ1v) is 10.5. The Labute approximate surface area is 195 Å². The number of nitrogens with zero attached hydrogens (tertiary/aromatic N) is 5. The van der Waals surface area contributed by atoms with Gasteiger partial charge in [0.1, 0.15) is 11.8 Å². The summed E-state index contributed by atoms with van der Waals surface area (Å²) in [6.45, 7) is 1.81. The first-order chi connectivity index (χ1) is 16.5. The van der Waals surface area contributed by atoms with Crippen LogP contribution in [0.4, 0.5) is 11.6 Å². The normalized spacial score (nSPS) is 14.6. The SMILES string of the molecule is CC1=C(C(=O)Nc2cccnc2)C(c2ccc(C#N)cc2)n2nc(-c3cccc(O)c3)nc2N1. The lowest BCUT2D eigenvalue weighted by Gasteiger charge is -2.28. The number of hydrogen-bond acceptors (Lipinski definition) is 7. The highest BCUT2D eigenvalue weighted by atomic mass is 16.3. The molecule has 0 fully saturated rings. The van der Waals surface area contributed by atoms with Crippen LogP contribution in [0.15, 0.2) is 84.3 Å². The van der Waals surface area contributed by atoms with Crippen LogP contribution in [0.3, 0.4) is 0 Å². The number of phenols is 1. The molecule has 166 valence electrons. The maximum atomic E-state index is 13.4. The molecule has 1 aliphatic heterocycles. The van der Waals surface area contributed by atoms with E-state index in [0.29, 0.717) is 39.9 Å². The van der Waals surface area contributed by atoms with E-state index in [0.717, 1.165) is 5.56 Å². The zero-order valence-electron chi connectivity index (χ0n) is 18.1. The fourth-order valence-electron chi connectivity index (χ4n) is 3.90. The number of pyridine rings is 1. The average Bonchev–Trinajstić information content (AvgIpc) is 3.27. The molecule has 1 amide bonds. The summed E-state index contributed by atoms with van der Waals surface area (Å²) in [5, 5.41) is 29.8. The van der Waals surface area contributed by atoms with E-state index in [1.807, 2.05) is 0 Å². The molecule has 0 bridgehead atoms. The van der Waals surface area contributed by atoms with Gasteiger partial charge in [-0.25, -0.2) is 4.68 Å². The molecule has 1 atom stereocenters. The molecule has 0 aliphatic carbocycles. The predicted molar refractivity (Wildman–Crippen MR) is 126 cm³/mol. The molecule has 34 heavy (non-hydrogen) atoms. The van der Waals surface area contributed by atoms with Gasteiger partial charge in [0.2, 0.25) is 5.95 Å². The number of nitriles is 1. The smallest absolute Gasteiger partial charge is 0.255 e. The maximum absolute atomic E-state index is 13.4. The number of rotatable bonds is 4. The monoisotopic (exact) mass is 449 g/mol. The van der Waals surface area contributed by atoms with Gasteiger partial charge in [0.25, 0.3) is 5.91 Å². The summed E-state index contributed by atoms with van der Waals surface area (Å²) in [6.07, 6.45) is 3.20. The van der Waals surface area contributed by atoms with E-state index in [1.54, 1.807) is 84.7 Å². The van der Waals surface area contributed by atoms with Gasteiger partial charge in [-0.15, -0.1) is 5.10 Å². The second kappa shape index (κ2) is 8.52. The first kappa shape index (κ1) is 20.9. The second-order valence-corrected chi connectivity index (χ2v) is 7.75. The first-order valence-electron chi connectivity index (χ1n) is 10.5. The summed E-state index contributed by atoms with van der Waals surface area (Å²) < 4.78 is 1.64. The van der Waals surface area contributed by atoms with Crippen LogP contribution < -0.4 is 10.6 Å². The molecule has 1 aliphatic rings. The molecule has 9 heteroatoms. The van der Waals surface area contributed by atoms with Crippen molar-refractivity contribution in [2.24, 2.45) is 0 Å². The fraction of sp³-hybridized carbons (Fsp3) is 0.0800. The Morgan fingerprint density at radius 3 is 2.71 bits per heavy atom. The molecule has 0 radical (unpaired) electrons. The van der Waals surface area contributed by atoms with Gasteiger partial charge in [-0.05, 0) is 48.9 Å². The largest absolute Gasteiger partial charge is 0.508 e. The van der Waals surface area contributed by atoms with E-state index in [-0.39, 0.29) is 11.7 Å². The van der Waals surface area contributed by atoms with Crippen LogP contribution in [0.5, 0.6) is 5.75 Å². The third-order valence-corrected chi connectivity index (χ3v) is 5.48. The molecule has 4 aromatic rings. The number of amides is 1. The lowest BCUT2D eigenvalue weighted by molar-refractivity contribution is -0.113. The molecule has 3 heterocycles. The number of anilines is 2. The minimum atomic E-state index is -0.598. The number of fused-ring (bicyclic) bond motifs is 1. The van der Waals surface area contributed by atoms with E-state index < -0.39 is 6.04 Å². The Bertz CT molecular complexity index is 1450. The van der Waals surface area contributed by atoms with Gasteiger partial charge in [-0.1, -0.05) is 24.3 Å². The summed E-state index contributed by atoms with van der Waals surface area (Å²) >= 11 is 0. The minimum Gasteiger partial charge on any atom is -0.508 e. The topological polar surface area (TPSA) is 129 Å². The molecule has 0 saturated heterocycles. The van der Waals surface area contributed by atoms with Crippen molar-refractivity contribution in [2.45, 2.75) is 13.0 Å². The molecular formula is C25H19N7O2. The van der Waals surface area contributed by atoms with Crippen molar-refractivity contribution < 1.29 is 9.90 Å². The lowest BCUT2D eigenvalue weighted by atomic mass is 9.94. The van der Waals surface area contributed by atoms with Gasteiger partial charge in [-0.2, -0.15) is 10.2 Å². The minimum absolute atomic E-state index is 0.104. The van der Waals surface area contributed by atoms with Crippen molar-refractivity contribution in [3.63, 3.8) is 0 Å². The number of carbonyl (C=O) groups is 1. The van der Waals surface area contributed by atoms with E-state index in [1.165, 1.54) is 0 Å². The molecule has 2 aromatic heterocycles. The molecule has 0 saturated carbocycles.